The second-order valence-corrected chi connectivity index (χ2v) is 5.49. The van der Waals surface area contributed by atoms with Gasteiger partial charge in [-0.2, -0.15) is 0 Å². The van der Waals surface area contributed by atoms with Crippen LogP contribution in [0.25, 0.3) is 0 Å². The first-order chi connectivity index (χ1) is 9.88. The molecule has 3 N–H and O–H groups in total. The Balaban J connectivity index is 2.17. The number of anilines is 1. The molecule has 1 amide bonds. The first kappa shape index (κ1) is 15.0. The van der Waals surface area contributed by atoms with Crippen molar-refractivity contribution in [2.75, 3.05) is 12.8 Å². The highest BCUT2D eigenvalue weighted by Crippen LogP contribution is 2.19. The van der Waals surface area contributed by atoms with E-state index in [4.69, 9.17) is 5.73 Å². The van der Waals surface area contributed by atoms with E-state index in [1.807, 2.05) is 18.4 Å². The van der Waals surface area contributed by atoms with Crippen LogP contribution < -0.4 is 5.73 Å². The molecule has 0 aliphatic rings. The molecule has 2 rings (SSSR count). The third kappa shape index (κ3) is 3.37. The van der Waals surface area contributed by atoms with Crippen molar-refractivity contribution in [3.05, 3.63) is 47.8 Å². The van der Waals surface area contributed by atoms with E-state index >= 15 is 0 Å². The number of carbonyl (C=O) groups excluding carboxylic acids is 1. The summed E-state index contributed by atoms with van der Waals surface area (Å²) in [7, 11) is 1.75. The van der Waals surface area contributed by atoms with Gasteiger partial charge in [-0.1, -0.05) is 12.1 Å². The molecule has 2 aromatic rings. The maximum atomic E-state index is 12.6. The van der Waals surface area contributed by atoms with E-state index in [0.29, 0.717) is 17.9 Å². The molecule has 1 heterocycles. The lowest BCUT2D eigenvalue weighted by Gasteiger charge is -2.20. The number of nitrogens with zero attached hydrogens (tertiary/aromatic N) is 2. The van der Waals surface area contributed by atoms with Crippen molar-refractivity contribution < 1.29 is 9.90 Å². The van der Waals surface area contributed by atoms with Gasteiger partial charge < -0.3 is 20.3 Å². The van der Waals surface area contributed by atoms with Crippen LogP contribution >= 0.6 is 0 Å². The molecule has 0 aliphatic carbocycles. The van der Waals surface area contributed by atoms with Gasteiger partial charge in [-0.15, -0.1) is 0 Å². The summed E-state index contributed by atoms with van der Waals surface area (Å²) in [6.45, 7) is 4.49. The zero-order chi connectivity index (χ0) is 15.6. The maximum absolute atomic E-state index is 12.6. The molecule has 0 fully saturated rings. The number of phenols is 1. The highest BCUT2D eigenvalue weighted by molar-refractivity contribution is 5.93. The van der Waals surface area contributed by atoms with Gasteiger partial charge in [-0.3, -0.25) is 4.79 Å². The summed E-state index contributed by atoms with van der Waals surface area (Å²) < 4.78 is 1.88. The predicted molar refractivity (Wildman–Crippen MR) is 83.1 cm³/mol. The number of aromatic nitrogens is 1. The number of nitrogen functional groups attached to an aromatic ring is 1. The smallest absolute Gasteiger partial charge is 0.270 e. The molecule has 0 bridgehead atoms. The first-order valence-electron chi connectivity index (χ1n) is 6.89. The van der Waals surface area contributed by atoms with Crippen LogP contribution in [0.5, 0.6) is 5.75 Å². The van der Waals surface area contributed by atoms with Crippen LogP contribution in [0.1, 0.15) is 35.9 Å². The van der Waals surface area contributed by atoms with Crippen molar-refractivity contribution in [3.63, 3.8) is 0 Å². The zero-order valence-electron chi connectivity index (χ0n) is 12.6. The predicted octanol–water partition coefficient (Wildman–Crippen LogP) is 2.63. The van der Waals surface area contributed by atoms with Gasteiger partial charge in [0, 0.05) is 25.8 Å². The minimum Gasteiger partial charge on any atom is -0.508 e. The lowest BCUT2D eigenvalue weighted by atomic mass is 10.2. The summed E-state index contributed by atoms with van der Waals surface area (Å²) in [5.74, 6) is 0.141. The zero-order valence-corrected chi connectivity index (χ0v) is 12.6. The second-order valence-electron chi connectivity index (χ2n) is 5.49. The van der Waals surface area contributed by atoms with E-state index in [-0.39, 0.29) is 17.7 Å². The number of rotatable bonds is 4. The molecule has 112 valence electrons. The fraction of sp³-hybridized carbons (Fsp3) is 0.312. The van der Waals surface area contributed by atoms with Crippen molar-refractivity contribution in [2.45, 2.75) is 26.4 Å². The topological polar surface area (TPSA) is 71.5 Å². The summed E-state index contributed by atoms with van der Waals surface area (Å²) >= 11 is 0. The normalized spacial score (nSPS) is 10.9. The molecular formula is C16H21N3O2. The van der Waals surface area contributed by atoms with E-state index < -0.39 is 0 Å². The monoisotopic (exact) mass is 287 g/mol. The number of carbonyl (C=O) groups is 1. The van der Waals surface area contributed by atoms with Crippen molar-refractivity contribution in [1.82, 2.24) is 9.47 Å². The molecule has 0 aliphatic heterocycles. The van der Waals surface area contributed by atoms with Crippen LogP contribution in [0.2, 0.25) is 0 Å². The van der Waals surface area contributed by atoms with Gasteiger partial charge >= 0.3 is 0 Å². The highest BCUT2D eigenvalue weighted by atomic mass is 16.3. The SMILES string of the molecule is CC(C)n1cc(N)cc1C(=O)N(C)Cc1ccc(O)cc1. The van der Waals surface area contributed by atoms with Crippen molar-refractivity contribution >= 4 is 11.6 Å². The summed E-state index contributed by atoms with van der Waals surface area (Å²) in [6.07, 6.45) is 1.78. The lowest BCUT2D eigenvalue weighted by molar-refractivity contribution is 0.0773. The molecule has 0 saturated carbocycles. The Kier molecular flexibility index (Phi) is 4.21. The maximum Gasteiger partial charge on any atom is 0.270 e. The van der Waals surface area contributed by atoms with Gasteiger partial charge in [0.2, 0.25) is 0 Å². The van der Waals surface area contributed by atoms with E-state index in [0.717, 1.165) is 5.56 Å². The number of nitrogens with two attached hydrogens (primary N) is 1. The summed E-state index contributed by atoms with van der Waals surface area (Å²) in [5.41, 5.74) is 7.94. The Hall–Kier alpha value is -2.43. The third-order valence-corrected chi connectivity index (χ3v) is 3.35. The Labute approximate surface area is 124 Å². The average molecular weight is 287 g/mol. The molecule has 1 aromatic heterocycles. The molecule has 1 aromatic carbocycles. The second kappa shape index (κ2) is 5.91. The van der Waals surface area contributed by atoms with Crippen molar-refractivity contribution in [1.29, 1.82) is 0 Å². The molecule has 0 spiro atoms. The molecule has 5 heteroatoms. The Morgan fingerprint density at radius 3 is 2.52 bits per heavy atom. The fourth-order valence-electron chi connectivity index (χ4n) is 2.24. The molecule has 5 nitrogen and oxygen atoms in total. The summed E-state index contributed by atoms with van der Waals surface area (Å²) in [4.78, 5) is 14.2. The molecule has 0 atom stereocenters. The lowest BCUT2D eigenvalue weighted by Crippen LogP contribution is -2.28. The Morgan fingerprint density at radius 2 is 1.95 bits per heavy atom. The quantitative estimate of drug-likeness (QED) is 0.908. The number of hydrogen-bond donors (Lipinski definition) is 2. The van der Waals surface area contributed by atoms with Crippen LogP contribution in [-0.2, 0) is 6.54 Å². The van der Waals surface area contributed by atoms with Crippen LogP contribution in [0.4, 0.5) is 5.69 Å². The van der Waals surface area contributed by atoms with Gasteiger partial charge in [0.15, 0.2) is 0 Å². The Bertz CT molecular complexity index is 629. The molecule has 0 unspecified atom stereocenters. The van der Waals surface area contributed by atoms with Crippen LogP contribution in [0.3, 0.4) is 0 Å². The van der Waals surface area contributed by atoms with Gasteiger partial charge in [0.1, 0.15) is 11.4 Å². The Morgan fingerprint density at radius 1 is 1.33 bits per heavy atom. The number of amides is 1. The van der Waals surface area contributed by atoms with Crippen LogP contribution in [0, 0.1) is 0 Å². The van der Waals surface area contributed by atoms with E-state index in [1.54, 1.807) is 48.5 Å². The van der Waals surface area contributed by atoms with Gasteiger partial charge in [-0.25, -0.2) is 0 Å². The number of benzene rings is 1. The minimum absolute atomic E-state index is 0.0755. The number of hydrogen-bond acceptors (Lipinski definition) is 3. The van der Waals surface area contributed by atoms with E-state index in [2.05, 4.69) is 0 Å². The van der Waals surface area contributed by atoms with Crippen LogP contribution in [0.15, 0.2) is 36.5 Å². The van der Waals surface area contributed by atoms with Crippen molar-refractivity contribution in [2.24, 2.45) is 0 Å². The van der Waals surface area contributed by atoms with Crippen LogP contribution in [-0.4, -0.2) is 27.5 Å². The standard InChI is InChI=1S/C16H21N3O2/c1-11(2)19-10-13(17)8-15(19)16(21)18(3)9-12-4-6-14(20)7-5-12/h4-8,10-11,20H,9,17H2,1-3H3. The fourth-order valence-corrected chi connectivity index (χ4v) is 2.24. The number of aromatic hydroxyl groups is 1. The van der Waals surface area contributed by atoms with E-state index in [1.165, 1.54) is 0 Å². The minimum atomic E-state index is -0.0755. The average Bonchev–Trinajstić information content (AvgIpc) is 2.82. The molecule has 0 saturated heterocycles. The number of phenolic OH excluding ortho intramolecular Hbond substituents is 1. The highest BCUT2D eigenvalue weighted by Gasteiger charge is 2.18. The molecule has 21 heavy (non-hydrogen) atoms. The largest absolute Gasteiger partial charge is 0.508 e. The van der Waals surface area contributed by atoms with Gasteiger partial charge in [-0.05, 0) is 37.6 Å². The van der Waals surface area contributed by atoms with Gasteiger partial charge in [0.05, 0.1) is 5.69 Å². The van der Waals surface area contributed by atoms with Gasteiger partial charge in [0.25, 0.3) is 5.91 Å². The first-order valence-corrected chi connectivity index (χ1v) is 6.89. The molecular weight excluding hydrogens is 266 g/mol. The van der Waals surface area contributed by atoms with E-state index in [9.17, 15) is 9.90 Å². The third-order valence-electron chi connectivity index (χ3n) is 3.35. The molecule has 0 radical (unpaired) electrons. The summed E-state index contributed by atoms with van der Waals surface area (Å²) in [5, 5.41) is 9.28. The van der Waals surface area contributed by atoms with Crippen molar-refractivity contribution in [3.8, 4) is 5.75 Å². The summed E-state index contributed by atoms with van der Waals surface area (Å²) in [6, 6.07) is 8.70.